The standard InChI is InChI=1S/C21H23ClN4OS/c1-3-17(4-2)20-24-25-21(28)26(20)23-13-16-6-5-7-19(12-16)27-14-15-8-10-18(22)11-9-15/h5-13,17H,3-4,14H2,1-2H3,(H,25,28)/b23-13-. The number of hydrogen-bond acceptors (Lipinski definition) is 4. The van der Waals surface area contributed by atoms with Gasteiger partial charge in [-0.25, -0.2) is 0 Å². The molecule has 0 saturated heterocycles. The number of rotatable bonds is 8. The molecule has 0 aliphatic heterocycles. The first kappa shape index (κ1) is 20.3. The summed E-state index contributed by atoms with van der Waals surface area (Å²) in [5, 5.41) is 12.5. The van der Waals surface area contributed by atoms with Crippen LogP contribution in [0.3, 0.4) is 0 Å². The summed E-state index contributed by atoms with van der Waals surface area (Å²) in [6.45, 7) is 4.76. The largest absolute Gasteiger partial charge is 0.489 e. The zero-order valence-electron chi connectivity index (χ0n) is 15.9. The summed E-state index contributed by atoms with van der Waals surface area (Å²) in [5.74, 6) is 1.95. The second-order valence-corrected chi connectivity index (χ2v) is 7.27. The lowest BCUT2D eigenvalue weighted by atomic mass is 10.0. The van der Waals surface area contributed by atoms with Crippen LogP contribution in [0.1, 0.15) is 49.6 Å². The topological polar surface area (TPSA) is 55.2 Å². The van der Waals surface area contributed by atoms with Crippen molar-refractivity contribution in [2.24, 2.45) is 5.10 Å². The average Bonchev–Trinajstić information content (AvgIpc) is 3.08. The first-order valence-corrected chi connectivity index (χ1v) is 10.1. The Morgan fingerprint density at radius 3 is 2.68 bits per heavy atom. The lowest BCUT2D eigenvalue weighted by Crippen LogP contribution is -2.05. The molecule has 0 atom stereocenters. The maximum atomic E-state index is 5.92. The average molecular weight is 415 g/mol. The summed E-state index contributed by atoms with van der Waals surface area (Å²) in [4.78, 5) is 0. The van der Waals surface area contributed by atoms with Crippen molar-refractivity contribution >= 4 is 30.0 Å². The summed E-state index contributed by atoms with van der Waals surface area (Å²) in [6, 6.07) is 15.4. The molecule has 0 spiro atoms. The van der Waals surface area contributed by atoms with Crippen LogP contribution >= 0.6 is 23.8 Å². The number of benzene rings is 2. The molecule has 0 aliphatic carbocycles. The summed E-state index contributed by atoms with van der Waals surface area (Å²) < 4.78 is 8.08. The van der Waals surface area contributed by atoms with Crippen molar-refractivity contribution in [1.29, 1.82) is 0 Å². The second kappa shape index (κ2) is 9.66. The van der Waals surface area contributed by atoms with Gasteiger partial charge in [-0.15, -0.1) is 0 Å². The maximum absolute atomic E-state index is 5.92. The number of aromatic nitrogens is 3. The monoisotopic (exact) mass is 414 g/mol. The quantitative estimate of drug-likeness (QED) is 0.365. The fraction of sp³-hybridized carbons (Fsp3) is 0.286. The van der Waals surface area contributed by atoms with Crippen molar-refractivity contribution in [2.45, 2.75) is 39.2 Å². The summed E-state index contributed by atoms with van der Waals surface area (Å²) in [7, 11) is 0. The van der Waals surface area contributed by atoms with Gasteiger partial charge in [0.05, 0.1) is 6.21 Å². The van der Waals surface area contributed by atoms with E-state index in [1.807, 2.05) is 48.5 Å². The number of ether oxygens (including phenoxy) is 1. The van der Waals surface area contributed by atoms with Gasteiger partial charge in [0.2, 0.25) is 4.77 Å². The maximum Gasteiger partial charge on any atom is 0.216 e. The molecule has 3 aromatic rings. The molecular weight excluding hydrogens is 392 g/mol. The molecule has 7 heteroatoms. The molecule has 0 amide bonds. The van der Waals surface area contributed by atoms with Crippen molar-refractivity contribution < 1.29 is 4.74 Å². The highest BCUT2D eigenvalue weighted by Gasteiger charge is 2.14. The van der Waals surface area contributed by atoms with Crippen LogP contribution in [0.15, 0.2) is 53.6 Å². The Morgan fingerprint density at radius 1 is 1.21 bits per heavy atom. The number of nitrogens with zero attached hydrogens (tertiary/aromatic N) is 3. The molecule has 0 bridgehead atoms. The molecule has 146 valence electrons. The first-order chi connectivity index (χ1) is 13.6. The third kappa shape index (κ3) is 5.09. The molecular formula is C21H23ClN4OS. The van der Waals surface area contributed by atoms with Crippen molar-refractivity contribution in [3.63, 3.8) is 0 Å². The van der Waals surface area contributed by atoms with Crippen LogP contribution in [0, 0.1) is 4.77 Å². The number of halogens is 1. The first-order valence-electron chi connectivity index (χ1n) is 9.29. The highest BCUT2D eigenvalue weighted by molar-refractivity contribution is 7.71. The van der Waals surface area contributed by atoms with Crippen molar-refractivity contribution in [3.05, 3.63) is 75.3 Å². The minimum atomic E-state index is 0.319. The van der Waals surface area contributed by atoms with Gasteiger partial charge in [0, 0.05) is 10.9 Å². The van der Waals surface area contributed by atoms with Crippen molar-refractivity contribution in [3.8, 4) is 5.75 Å². The molecule has 3 rings (SSSR count). The van der Waals surface area contributed by atoms with E-state index in [-0.39, 0.29) is 0 Å². The second-order valence-electron chi connectivity index (χ2n) is 6.44. The Bertz CT molecular complexity index is 990. The minimum absolute atomic E-state index is 0.319. The van der Waals surface area contributed by atoms with Gasteiger partial charge in [0.1, 0.15) is 12.4 Å². The lowest BCUT2D eigenvalue weighted by Gasteiger charge is -2.10. The minimum Gasteiger partial charge on any atom is -0.489 e. The van der Waals surface area contributed by atoms with Gasteiger partial charge in [-0.1, -0.05) is 49.7 Å². The van der Waals surface area contributed by atoms with Crippen LogP contribution in [0.5, 0.6) is 5.75 Å². The van der Waals surface area contributed by atoms with Gasteiger partial charge in [-0.3, -0.25) is 5.10 Å². The van der Waals surface area contributed by atoms with E-state index in [0.717, 1.165) is 35.5 Å². The third-order valence-corrected chi connectivity index (χ3v) is 5.04. The molecule has 0 saturated carbocycles. The molecule has 0 radical (unpaired) electrons. The molecule has 0 unspecified atom stereocenters. The van der Waals surface area contributed by atoms with Gasteiger partial charge >= 0.3 is 0 Å². The van der Waals surface area contributed by atoms with Gasteiger partial charge in [0.15, 0.2) is 5.82 Å². The Morgan fingerprint density at radius 2 is 1.96 bits per heavy atom. The van der Waals surface area contributed by atoms with E-state index < -0.39 is 0 Å². The molecule has 1 heterocycles. The predicted octanol–water partition coefficient (Wildman–Crippen LogP) is 5.96. The molecule has 28 heavy (non-hydrogen) atoms. The van der Waals surface area contributed by atoms with Crippen LogP contribution in [-0.4, -0.2) is 21.1 Å². The zero-order valence-corrected chi connectivity index (χ0v) is 17.5. The molecule has 2 aromatic carbocycles. The van der Waals surface area contributed by atoms with E-state index in [9.17, 15) is 0 Å². The van der Waals surface area contributed by atoms with Crippen LogP contribution in [0.2, 0.25) is 5.02 Å². The smallest absolute Gasteiger partial charge is 0.216 e. The van der Waals surface area contributed by atoms with Gasteiger partial charge in [-0.2, -0.15) is 14.9 Å². The van der Waals surface area contributed by atoms with E-state index in [2.05, 4.69) is 29.1 Å². The van der Waals surface area contributed by atoms with Crippen molar-refractivity contribution in [2.75, 3.05) is 0 Å². The van der Waals surface area contributed by atoms with Crippen LogP contribution in [0.25, 0.3) is 0 Å². The lowest BCUT2D eigenvalue weighted by molar-refractivity contribution is 0.306. The Labute approximate surface area is 175 Å². The summed E-state index contributed by atoms with van der Waals surface area (Å²) in [5.41, 5.74) is 1.98. The predicted molar refractivity (Wildman–Crippen MR) is 116 cm³/mol. The van der Waals surface area contributed by atoms with Gasteiger partial charge < -0.3 is 4.74 Å². The summed E-state index contributed by atoms with van der Waals surface area (Å²) in [6.07, 6.45) is 3.74. The molecule has 1 aromatic heterocycles. The van der Waals surface area contributed by atoms with E-state index >= 15 is 0 Å². The number of aromatic amines is 1. The molecule has 0 fully saturated rings. The molecule has 5 nitrogen and oxygen atoms in total. The number of H-pyrrole nitrogens is 1. The van der Waals surface area contributed by atoms with Crippen molar-refractivity contribution in [1.82, 2.24) is 14.9 Å². The zero-order chi connectivity index (χ0) is 19.9. The number of nitrogens with one attached hydrogen (secondary N) is 1. The van der Waals surface area contributed by atoms with Crippen LogP contribution < -0.4 is 4.74 Å². The third-order valence-electron chi connectivity index (χ3n) is 4.53. The van der Waals surface area contributed by atoms with Gasteiger partial charge in [-0.05, 0) is 60.5 Å². The van der Waals surface area contributed by atoms with Gasteiger partial charge in [0.25, 0.3) is 0 Å². The normalized spacial score (nSPS) is 11.4. The van der Waals surface area contributed by atoms with E-state index in [1.54, 1.807) is 10.9 Å². The van der Waals surface area contributed by atoms with E-state index in [0.29, 0.717) is 22.3 Å². The highest BCUT2D eigenvalue weighted by Crippen LogP contribution is 2.21. The van der Waals surface area contributed by atoms with E-state index in [1.165, 1.54) is 0 Å². The van der Waals surface area contributed by atoms with Crippen LogP contribution in [0.4, 0.5) is 0 Å². The number of hydrogen-bond donors (Lipinski definition) is 1. The fourth-order valence-electron chi connectivity index (χ4n) is 2.89. The Kier molecular flexibility index (Phi) is 7.01. The Hall–Kier alpha value is -2.44. The Balaban J connectivity index is 1.73. The fourth-order valence-corrected chi connectivity index (χ4v) is 3.20. The van der Waals surface area contributed by atoms with E-state index in [4.69, 9.17) is 28.6 Å². The SMILES string of the molecule is CCC(CC)c1n[nH]c(=S)n1/N=C\c1cccc(OCc2ccc(Cl)cc2)c1. The molecule has 0 aliphatic rings. The molecule has 1 N–H and O–H groups in total. The summed E-state index contributed by atoms with van der Waals surface area (Å²) >= 11 is 11.2. The van der Waals surface area contributed by atoms with Crippen LogP contribution in [-0.2, 0) is 6.61 Å². The highest BCUT2D eigenvalue weighted by atomic mass is 35.5.